The molecule has 156 valence electrons. The van der Waals surface area contributed by atoms with Crippen LogP contribution in [0.1, 0.15) is 28.1 Å². The number of nitrogens with one attached hydrogen (secondary N) is 1. The fourth-order valence-corrected chi connectivity index (χ4v) is 3.53. The predicted molar refractivity (Wildman–Crippen MR) is 111 cm³/mol. The molecule has 3 aromatic rings. The molecule has 7 heteroatoms. The predicted octanol–water partition coefficient (Wildman–Crippen LogP) is 4.84. The highest BCUT2D eigenvalue weighted by atomic mass is 16.6. The number of furan rings is 1. The van der Waals surface area contributed by atoms with Crippen molar-refractivity contribution in [1.82, 2.24) is 0 Å². The molecule has 2 aromatic carbocycles. The maximum atomic E-state index is 12.7. The van der Waals surface area contributed by atoms with Gasteiger partial charge in [0.25, 0.3) is 11.9 Å². The molecule has 0 aliphatic heterocycles. The van der Waals surface area contributed by atoms with Gasteiger partial charge in [0.2, 0.25) is 0 Å². The van der Waals surface area contributed by atoms with Crippen molar-refractivity contribution in [3.8, 4) is 28.9 Å². The zero-order valence-electron chi connectivity index (χ0n) is 17.1. The van der Waals surface area contributed by atoms with Gasteiger partial charge in [0.1, 0.15) is 28.7 Å². The van der Waals surface area contributed by atoms with E-state index in [4.69, 9.17) is 23.4 Å². The standard InChI is InChI=1S/C23H23NO6/c1-26-17-12-19(27-2)22(20(13-17)28-3)24-23(25)18-9-10-21(30-18)29-16-8-7-14-5-4-6-15(14)11-16/h7-13H,4-6H2,1-3H3,(H,24,25). The van der Waals surface area contributed by atoms with E-state index >= 15 is 0 Å². The summed E-state index contributed by atoms with van der Waals surface area (Å²) >= 11 is 0. The summed E-state index contributed by atoms with van der Waals surface area (Å²) in [4.78, 5) is 12.7. The summed E-state index contributed by atoms with van der Waals surface area (Å²) in [6, 6.07) is 12.5. The number of amides is 1. The minimum absolute atomic E-state index is 0.103. The maximum absolute atomic E-state index is 12.7. The first-order valence-electron chi connectivity index (χ1n) is 9.62. The van der Waals surface area contributed by atoms with E-state index in [0.29, 0.717) is 28.7 Å². The van der Waals surface area contributed by atoms with Crippen molar-refractivity contribution in [3.63, 3.8) is 0 Å². The van der Waals surface area contributed by atoms with Crippen LogP contribution >= 0.6 is 0 Å². The van der Waals surface area contributed by atoms with Crippen LogP contribution in [0.3, 0.4) is 0 Å². The van der Waals surface area contributed by atoms with E-state index in [9.17, 15) is 4.79 Å². The average molecular weight is 409 g/mol. The summed E-state index contributed by atoms with van der Waals surface area (Å²) in [5.74, 6) is 1.93. The molecule has 7 nitrogen and oxygen atoms in total. The van der Waals surface area contributed by atoms with Crippen LogP contribution in [0.2, 0.25) is 0 Å². The summed E-state index contributed by atoms with van der Waals surface area (Å²) in [6.45, 7) is 0. The lowest BCUT2D eigenvalue weighted by Gasteiger charge is -2.15. The van der Waals surface area contributed by atoms with E-state index in [2.05, 4.69) is 11.4 Å². The lowest BCUT2D eigenvalue weighted by atomic mass is 10.1. The molecule has 0 radical (unpaired) electrons. The summed E-state index contributed by atoms with van der Waals surface area (Å²) in [5.41, 5.74) is 3.04. The minimum Gasteiger partial charge on any atom is -0.496 e. The van der Waals surface area contributed by atoms with Crippen LogP contribution in [0.5, 0.6) is 28.9 Å². The molecule has 0 bridgehead atoms. The molecule has 1 aliphatic carbocycles. The number of anilines is 1. The van der Waals surface area contributed by atoms with Crippen molar-refractivity contribution >= 4 is 11.6 Å². The first kappa shape index (κ1) is 19.7. The van der Waals surface area contributed by atoms with E-state index in [1.807, 2.05) is 12.1 Å². The van der Waals surface area contributed by atoms with Crippen LogP contribution in [0.4, 0.5) is 5.69 Å². The van der Waals surface area contributed by atoms with Crippen molar-refractivity contribution in [2.75, 3.05) is 26.6 Å². The van der Waals surface area contributed by atoms with Crippen molar-refractivity contribution in [2.45, 2.75) is 19.3 Å². The van der Waals surface area contributed by atoms with Gasteiger partial charge in [-0.1, -0.05) is 6.07 Å². The fraction of sp³-hybridized carbons (Fsp3) is 0.261. The monoisotopic (exact) mass is 409 g/mol. The number of aryl methyl sites for hydroxylation is 2. The van der Waals surface area contributed by atoms with E-state index < -0.39 is 5.91 Å². The highest BCUT2D eigenvalue weighted by molar-refractivity contribution is 6.04. The summed E-state index contributed by atoms with van der Waals surface area (Å²) in [7, 11) is 4.54. The zero-order valence-corrected chi connectivity index (χ0v) is 17.1. The van der Waals surface area contributed by atoms with Crippen molar-refractivity contribution in [1.29, 1.82) is 0 Å². The van der Waals surface area contributed by atoms with E-state index in [1.165, 1.54) is 38.9 Å². The Balaban J connectivity index is 1.51. The molecular formula is C23H23NO6. The number of hydrogen-bond acceptors (Lipinski definition) is 6. The Kier molecular flexibility index (Phi) is 5.52. The van der Waals surface area contributed by atoms with Gasteiger partial charge in [-0.2, -0.15) is 0 Å². The van der Waals surface area contributed by atoms with Gasteiger partial charge in [0.05, 0.1) is 21.3 Å². The number of hydrogen-bond donors (Lipinski definition) is 1. The Morgan fingerprint density at radius 2 is 1.60 bits per heavy atom. The molecule has 1 N–H and O–H groups in total. The van der Waals surface area contributed by atoms with Crippen molar-refractivity contribution in [3.05, 3.63) is 59.4 Å². The van der Waals surface area contributed by atoms with Crippen LogP contribution in [0.25, 0.3) is 0 Å². The quantitative estimate of drug-likeness (QED) is 0.602. The zero-order chi connectivity index (χ0) is 21.1. The Bertz CT molecular complexity index is 1050. The molecule has 4 rings (SSSR count). The summed E-state index contributed by atoms with van der Waals surface area (Å²) in [5, 5.41) is 2.77. The second-order valence-electron chi connectivity index (χ2n) is 6.87. The van der Waals surface area contributed by atoms with Gasteiger partial charge >= 0.3 is 0 Å². The second kappa shape index (κ2) is 8.41. The van der Waals surface area contributed by atoms with E-state index in [0.717, 1.165) is 12.8 Å². The topological polar surface area (TPSA) is 79.2 Å². The van der Waals surface area contributed by atoms with Crippen LogP contribution in [0, 0.1) is 0 Å². The number of methoxy groups -OCH3 is 3. The normalized spacial score (nSPS) is 12.2. The van der Waals surface area contributed by atoms with Gasteiger partial charge in [0.15, 0.2) is 5.76 Å². The molecule has 0 fully saturated rings. The van der Waals surface area contributed by atoms with Gasteiger partial charge in [-0.15, -0.1) is 0 Å². The number of rotatable bonds is 7. The number of carbonyl (C=O) groups excluding carboxylic acids is 1. The Hall–Kier alpha value is -3.61. The fourth-order valence-electron chi connectivity index (χ4n) is 3.53. The van der Waals surface area contributed by atoms with Crippen molar-refractivity contribution in [2.24, 2.45) is 0 Å². The molecule has 0 unspecified atom stereocenters. The summed E-state index contributed by atoms with van der Waals surface area (Å²) in [6.07, 6.45) is 3.34. The molecular weight excluding hydrogens is 386 g/mol. The highest BCUT2D eigenvalue weighted by Gasteiger charge is 2.20. The number of benzene rings is 2. The third kappa shape index (κ3) is 3.91. The van der Waals surface area contributed by atoms with E-state index in [-0.39, 0.29) is 11.7 Å². The van der Waals surface area contributed by atoms with Crippen LogP contribution in [0.15, 0.2) is 46.9 Å². The summed E-state index contributed by atoms with van der Waals surface area (Å²) < 4.78 is 27.3. The third-order valence-electron chi connectivity index (χ3n) is 5.05. The molecule has 30 heavy (non-hydrogen) atoms. The molecule has 0 atom stereocenters. The molecule has 0 saturated carbocycles. The highest BCUT2D eigenvalue weighted by Crippen LogP contribution is 2.39. The number of ether oxygens (including phenoxy) is 4. The molecule has 1 aromatic heterocycles. The molecule has 1 heterocycles. The third-order valence-corrected chi connectivity index (χ3v) is 5.05. The second-order valence-corrected chi connectivity index (χ2v) is 6.87. The minimum atomic E-state index is -0.458. The van der Waals surface area contributed by atoms with Gasteiger partial charge in [-0.3, -0.25) is 4.79 Å². The SMILES string of the molecule is COc1cc(OC)c(NC(=O)c2ccc(Oc3ccc4c(c3)CCC4)o2)c(OC)c1. The first-order chi connectivity index (χ1) is 14.6. The lowest BCUT2D eigenvalue weighted by molar-refractivity contribution is 0.0991. The van der Waals surface area contributed by atoms with Gasteiger partial charge in [0, 0.05) is 18.2 Å². The number of carbonyl (C=O) groups is 1. The smallest absolute Gasteiger partial charge is 0.291 e. The van der Waals surface area contributed by atoms with Crippen molar-refractivity contribution < 1.29 is 28.2 Å². The van der Waals surface area contributed by atoms with Crippen LogP contribution < -0.4 is 24.3 Å². The van der Waals surface area contributed by atoms with Crippen LogP contribution in [-0.4, -0.2) is 27.2 Å². The lowest BCUT2D eigenvalue weighted by Crippen LogP contribution is -2.13. The number of fused-ring (bicyclic) bond motifs is 1. The Labute approximate surface area is 174 Å². The Morgan fingerprint density at radius 3 is 2.30 bits per heavy atom. The molecule has 1 amide bonds. The largest absolute Gasteiger partial charge is 0.496 e. The maximum Gasteiger partial charge on any atom is 0.291 e. The average Bonchev–Trinajstić information content (AvgIpc) is 3.43. The van der Waals surface area contributed by atoms with Crippen LogP contribution in [-0.2, 0) is 12.8 Å². The molecule has 1 aliphatic rings. The van der Waals surface area contributed by atoms with E-state index in [1.54, 1.807) is 24.3 Å². The van der Waals surface area contributed by atoms with Gasteiger partial charge in [-0.25, -0.2) is 0 Å². The van der Waals surface area contributed by atoms with Gasteiger partial charge in [-0.05, 0) is 48.6 Å². The molecule has 0 saturated heterocycles. The Morgan fingerprint density at radius 1 is 0.867 bits per heavy atom. The first-order valence-corrected chi connectivity index (χ1v) is 9.62. The van der Waals surface area contributed by atoms with Gasteiger partial charge < -0.3 is 28.7 Å². The molecule has 0 spiro atoms.